The van der Waals surface area contributed by atoms with Crippen LogP contribution in [-0.4, -0.2) is 18.4 Å². The van der Waals surface area contributed by atoms with Crippen molar-refractivity contribution < 1.29 is 8.42 Å². The maximum atomic E-state index is 12.6. The lowest BCUT2D eigenvalue weighted by Gasteiger charge is -2.09. The van der Waals surface area contributed by atoms with E-state index in [1.807, 2.05) is 54.6 Å². The molecule has 0 radical (unpaired) electrons. The van der Waals surface area contributed by atoms with Crippen molar-refractivity contribution in [3.05, 3.63) is 96.1 Å². The number of nitrogens with one attached hydrogen (secondary N) is 2. The van der Waals surface area contributed by atoms with Crippen molar-refractivity contribution >= 4 is 20.8 Å². The van der Waals surface area contributed by atoms with Crippen LogP contribution in [0, 0.1) is 0 Å². The largest absolute Gasteiger partial charge is 0.348 e. The molecule has 0 atom stereocenters. The van der Waals surface area contributed by atoms with E-state index in [0.29, 0.717) is 0 Å². The van der Waals surface area contributed by atoms with Crippen molar-refractivity contribution in [3.8, 4) is 0 Å². The fraction of sp³-hybridized carbons (Fsp3) is 0.0952. The molecule has 1 heterocycles. The predicted molar refractivity (Wildman–Crippen MR) is 106 cm³/mol. The highest BCUT2D eigenvalue weighted by atomic mass is 32.2. The number of imidazole rings is 1. The molecule has 0 spiro atoms. The Hall–Kier alpha value is -2.96. The standard InChI is InChI=1S/C21H19N3O2S/c25-27(26,21-10-9-18-3-1-2-4-19(18)12-21)24-13-17-7-5-16(6-8-17)11-20-14-22-15-23-20/h1-10,12,14-15,24H,11,13H2,(H,22,23). The highest BCUT2D eigenvalue weighted by Gasteiger charge is 2.14. The number of fused-ring (bicyclic) bond motifs is 1. The predicted octanol–water partition coefficient (Wildman–Crippen LogP) is 3.63. The first-order valence-electron chi connectivity index (χ1n) is 8.64. The second kappa shape index (κ2) is 7.34. The van der Waals surface area contributed by atoms with Crippen molar-refractivity contribution in [1.82, 2.24) is 14.7 Å². The lowest BCUT2D eigenvalue weighted by atomic mass is 10.1. The smallest absolute Gasteiger partial charge is 0.240 e. The Bertz CT molecular complexity index is 1150. The maximum Gasteiger partial charge on any atom is 0.240 e. The summed E-state index contributed by atoms with van der Waals surface area (Å²) in [5.41, 5.74) is 3.09. The molecule has 4 rings (SSSR count). The molecule has 1 aromatic heterocycles. The number of nitrogens with zero attached hydrogens (tertiary/aromatic N) is 1. The lowest BCUT2D eigenvalue weighted by molar-refractivity contribution is 0.581. The summed E-state index contributed by atoms with van der Waals surface area (Å²) in [4.78, 5) is 7.36. The molecule has 136 valence electrons. The molecule has 0 amide bonds. The van der Waals surface area contributed by atoms with Gasteiger partial charge in [0, 0.05) is 24.9 Å². The van der Waals surface area contributed by atoms with Crippen molar-refractivity contribution in [1.29, 1.82) is 0 Å². The minimum absolute atomic E-state index is 0.250. The summed E-state index contributed by atoms with van der Waals surface area (Å²) >= 11 is 0. The van der Waals surface area contributed by atoms with Crippen LogP contribution in [0.25, 0.3) is 10.8 Å². The average molecular weight is 377 g/mol. The Balaban J connectivity index is 1.45. The van der Waals surface area contributed by atoms with E-state index in [1.54, 1.807) is 24.7 Å². The minimum Gasteiger partial charge on any atom is -0.348 e. The quantitative estimate of drug-likeness (QED) is 0.539. The van der Waals surface area contributed by atoms with Crippen LogP contribution in [0.15, 0.2) is 84.1 Å². The molecule has 0 aliphatic rings. The van der Waals surface area contributed by atoms with Crippen LogP contribution < -0.4 is 4.72 Å². The number of hydrogen-bond acceptors (Lipinski definition) is 3. The van der Waals surface area contributed by atoms with E-state index >= 15 is 0 Å². The van der Waals surface area contributed by atoms with Crippen LogP contribution in [0.2, 0.25) is 0 Å². The van der Waals surface area contributed by atoms with Crippen LogP contribution in [0.3, 0.4) is 0 Å². The fourth-order valence-electron chi connectivity index (χ4n) is 2.97. The molecule has 0 aliphatic carbocycles. The van der Waals surface area contributed by atoms with E-state index in [0.717, 1.165) is 34.0 Å². The molecule has 2 N–H and O–H groups in total. The zero-order chi connectivity index (χ0) is 18.7. The number of aromatic nitrogens is 2. The highest BCUT2D eigenvalue weighted by molar-refractivity contribution is 7.89. The Morgan fingerprint density at radius 1 is 0.889 bits per heavy atom. The molecule has 0 saturated carbocycles. The summed E-state index contributed by atoms with van der Waals surface area (Å²) in [5.74, 6) is 0. The van der Waals surface area contributed by atoms with Gasteiger partial charge in [0.25, 0.3) is 0 Å². The highest BCUT2D eigenvalue weighted by Crippen LogP contribution is 2.19. The van der Waals surface area contributed by atoms with Gasteiger partial charge in [0.1, 0.15) is 0 Å². The molecule has 3 aromatic carbocycles. The fourth-order valence-corrected chi connectivity index (χ4v) is 4.03. The van der Waals surface area contributed by atoms with Crippen LogP contribution in [-0.2, 0) is 23.0 Å². The van der Waals surface area contributed by atoms with Gasteiger partial charge in [-0.15, -0.1) is 0 Å². The van der Waals surface area contributed by atoms with E-state index in [9.17, 15) is 8.42 Å². The molecule has 6 heteroatoms. The van der Waals surface area contributed by atoms with Gasteiger partial charge in [-0.25, -0.2) is 18.1 Å². The third-order valence-corrected chi connectivity index (χ3v) is 5.87. The van der Waals surface area contributed by atoms with Crippen molar-refractivity contribution in [2.24, 2.45) is 0 Å². The third-order valence-electron chi connectivity index (χ3n) is 4.47. The first-order chi connectivity index (χ1) is 13.1. The Morgan fingerprint density at radius 3 is 2.37 bits per heavy atom. The first-order valence-corrected chi connectivity index (χ1v) is 10.1. The topological polar surface area (TPSA) is 74.8 Å². The molecular formula is C21H19N3O2S. The van der Waals surface area contributed by atoms with Crippen LogP contribution >= 0.6 is 0 Å². The third kappa shape index (κ3) is 4.07. The van der Waals surface area contributed by atoms with E-state index in [4.69, 9.17) is 0 Å². The van der Waals surface area contributed by atoms with Crippen LogP contribution in [0.4, 0.5) is 0 Å². The zero-order valence-electron chi connectivity index (χ0n) is 14.6. The van der Waals surface area contributed by atoms with Gasteiger partial charge in [-0.05, 0) is 34.0 Å². The molecule has 0 aliphatic heterocycles. The minimum atomic E-state index is -3.56. The molecule has 4 aromatic rings. The summed E-state index contributed by atoms with van der Waals surface area (Å²) < 4.78 is 27.9. The first kappa shape index (κ1) is 17.5. The SMILES string of the molecule is O=S(=O)(NCc1ccc(Cc2cnc[nH]2)cc1)c1ccc2ccccc2c1. The van der Waals surface area contributed by atoms with Crippen molar-refractivity contribution in [3.63, 3.8) is 0 Å². The van der Waals surface area contributed by atoms with E-state index in [2.05, 4.69) is 14.7 Å². The summed E-state index contributed by atoms with van der Waals surface area (Å²) in [7, 11) is -3.56. The molecule has 27 heavy (non-hydrogen) atoms. The van der Waals surface area contributed by atoms with Crippen LogP contribution in [0.1, 0.15) is 16.8 Å². The molecule has 0 fully saturated rings. The van der Waals surface area contributed by atoms with Gasteiger partial charge < -0.3 is 4.98 Å². The molecule has 5 nitrogen and oxygen atoms in total. The number of sulfonamides is 1. The Kier molecular flexibility index (Phi) is 4.75. The van der Waals surface area contributed by atoms with Crippen LogP contribution in [0.5, 0.6) is 0 Å². The van der Waals surface area contributed by atoms with Crippen molar-refractivity contribution in [2.45, 2.75) is 17.9 Å². The molecular weight excluding hydrogens is 358 g/mol. The van der Waals surface area contributed by atoms with Gasteiger partial charge in [-0.3, -0.25) is 0 Å². The van der Waals surface area contributed by atoms with Gasteiger partial charge in [-0.1, -0.05) is 54.6 Å². The van der Waals surface area contributed by atoms with Gasteiger partial charge in [0.2, 0.25) is 10.0 Å². The number of aromatic amines is 1. The summed E-state index contributed by atoms with van der Waals surface area (Å²) in [5, 5.41) is 1.92. The summed E-state index contributed by atoms with van der Waals surface area (Å²) in [6.45, 7) is 0.250. The van der Waals surface area contributed by atoms with Gasteiger partial charge in [0.15, 0.2) is 0 Å². The monoisotopic (exact) mass is 377 g/mol. The van der Waals surface area contributed by atoms with Gasteiger partial charge in [-0.2, -0.15) is 0 Å². The lowest BCUT2D eigenvalue weighted by Crippen LogP contribution is -2.23. The van der Waals surface area contributed by atoms with E-state index in [-0.39, 0.29) is 11.4 Å². The van der Waals surface area contributed by atoms with Gasteiger partial charge in [0.05, 0.1) is 11.2 Å². The normalized spacial score (nSPS) is 11.7. The second-order valence-corrected chi connectivity index (χ2v) is 8.17. The Morgan fingerprint density at radius 2 is 1.63 bits per heavy atom. The Labute approximate surface area is 158 Å². The number of hydrogen-bond donors (Lipinski definition) is 2. The molecule has 0 unspecified atom stereocenters. The molecule has 0 bridgehead atoms. The maximum absolute atomic E-state index is 12.6. The van der Waals surface area contributed by atoms with E-state index in [1.165, 1.54) is 0 Å². The average Bonchev–Trinajstić information content (AvgIpc) is 3.20. The van der Waals surface area contributed by atoms with E-state index < -0.39 is 10.0 Å². The van der Waals surface area contributed by atoms with Gasteiger partial charge >= 0.3 is 0 Å². The number of H-pyrrole nitrogens is 1. The summed E-state index contributed by atoms with van der Waals surface area (Å²) in [6, 6.07) is 20.8. The zero-order valence-corrected chi connectivity index (χ0v) is 15.4. The summed E-state index contributed by atoms with van der Waals surface area (Å²) in [6.07, 6.45) is 4.22. The number of rotatable bonds is 6. The second-order valence-electron chi connectivity index (χ2n) is 6.40. The van der Waals surface area contributed by atoms with Crippen molar-refractivity contribution in [2.75, 3.05) is 0 Å². The molecule has 0 saturated heterocycles. The number of benzene rings is 3.